The standard InChI is InChI=1S/C19H28O4/c1-14-9-10-15(2)19(3,13-11-17(20)22-4)12-7-6-8-16(14)18(21)23-5/h6-8,15H,1,9-13H2,2-5H3/b7-6-,16-8+/t15-,19+/m1/s1. The molecule has 4 nitrogen and oxygen atoms in total. The molecule has 0 unspecified atom stereocenters. The molecule has 0 bridgehead atoms. The Morgan fingerprint density at radius 1 is 1.35 bits per heavy atom. The number of ether oxygens (including phenoxy) is 2. The molecule has 128 valence electrons. The van der Waals surface area contributed by atoms with Crippen LogP contribution in [0.15, 0.2) is 36.0 Å². The van der Waals surface area contributed by atoms with Crippen molar-refractivity contribution in [1.29, 1.82) is 0 Å². The van der Waals surface area contributed by atoms with E-state index in [-0.39, 0.29) is 17.4 Å². The number of methoxy groups -OCH3 is 2. The lowest BCUT2D eigenvalue weighted by Gasteiger charge is -2.35. The molecule has 0 saturated heterocycles. The van der Waals surface area contributed by atoms with Crippen LogP contribution < -0.4 is 0 Å². The molecule has 1 aliphatic carbocycles. The number of allylic oxidation sites excluding steroid dienone is 3. The molecule has 0 spiro atoms. The van der Waals surface area contributed by atoms with Gasteiger partial charge in [-0.05, 0) is 48.7 Å². The lowest BCUT2D eigenvalue weighted by atomic mass is 9.69. The fourth-order valence-corrected chi connectivity index (χ4v) is 2.85. The summed E-state index contributed by atoms with van der Waals surface area (Å²) >= 11 is 0. The molecule has 23 heavy (non-hydrogen) atoms. The monoisotopic (exact) mass is 320 g/mol. The molecule has 0 radical (unpaired) electrons. The van der Waals surface area contributed by atoms with E-state index in [0.717, 1.165) is 31.3 Å². The van der Waals surface area contributed by atoms with Crippen LogP contribution in [0, 0.1) is 11.3 Å². The van der Waals surface area contributed by atoms with Gasteiger partial charge in [-0.1, -0.05) is 32.6 Å². The van der Waals surface area contributed by atoms with Crippen molar-refractivity contribution in [1.82, 2.24) is 0 Å². The number of hydrogen-bond acceptors (Lipinski definition) is 4. The van der Waals surface area contributed by atoms with Crippen LogP contribution in [-0.4, -0.2) is 26.2 Å². The highest BCUT2D eigenvalue weighted by atomic mass is 16.5. The zero-order valence-electron chi connectivity index (χ0n) is 14.7. The lowest BCUT2D eigenvalue weighted by molar-refractivity contribution is -0.141. The normalized spacial score (nSPS) is 29.1. The van der Waals surface area contributed by atoms with Gasteiger partial charge in [0.05, 0.1) is 19.8 Å². The predicted molar refractivity (Wildman–Crippen MR) is 90.8 cm³/mol. The molecule has 0 amide bonds. The van der Waals surface area contributed by atoms with E-state index in [1.165, 1.54) is 14.2 Å². The number of rotatable bonds is 4. The number of carbonyl (C=O) groups excluding carboxylic acids is 2. The molecule has 0 N–H and O–H groups in total. The van der Waals surface area contributed by atoms with Gasteiger partial charge in [0.15, 0.2) is 0 Å². The Morgan fingerprint density at radius 2 is 2.04 bits per heavy atom. The van der Waals surface area contributed by atoms with Crippen LogP contribution in [-0.2, 0) is 19.1 Å². The molecule has 0 aromatic rings. The van der Waals surface area contributed by atoms with E-state index in [1.807, 2.05) is 6.08 Å². The van der Waals surface area contributed by atoms with Gasteiger partial charge in [0.25, 0.3) is 0 Å². The average molecular weight is 320 g/mol. The summed E-state index contributed by atoms with van der Waals surface area (Å²) in [5.41, 5.74) is 1.35. The van der Waals surface area contributed by atoms with Crippen molar-refractivity contribution in [2.45, 2.75) is 46.0 Å². The van der Waals surface area contributed by atoms with E-state index < -0.39 is 0 Å². The SMILES string of the molecule is C=C1CC[C@@H](C)[C@](C)(CCC(=O)OC)C/C=C\C=C/1C(=O)OC. The van der Waals surface area contributed by atoms with Crippen LogP contribution in [0.2, 0.25) is 0 Å². The van der Waals surface area contributed by atoms with Gasteiger partial charge < -0.3 is 9.47 Å². The summed E-state index contributed by atoms with van der Waals surface area (Å²) in [5.74, 6) is -0.122. The van der Waals surface area contributed by atoms with Crippen LogP contribution in [0.4, 0.5) is 0 Å². The molecular formula is C19H28O4. The Balaban J connectivity index is 2.94. The Morgan fingerprint density at radius 3 is 2.65 bits per heavy atom. The number of esters is 2. The van der Waals surface area contributed by atoms with Gasteiger partial charge in [0, 0.05) is 6.42 Å². The van der Waals surface area contributed by atoms with Gasteiger partial charge in [-0.15, -0.1) is 0 Å². The fraction of sp³-hybridized carbons (Fsp3) is 0.579. The van der Waals surface area contributed by atoms with Gasteiger partial charge in [-0.25, -0.2) is 4.79 Å². The minimum atomic E-state index is -0.346. The quantitative estimate of drug-likeness (QED) is 0.735. The smallest absolute Gasteiger partial charge is 0.338 e. The fourth-order valence-electron chi connectivity index (χ4n) is 2.85. The van der Waals surface area contributed by atoms with Crippen LogP contribution >= 0.6 is 0 Å². The van der Waals surface area contributed by atoms with Crippen molar-refractivity contribution < 1.29 is 19.1 Å². The first-order valence-corrected chi connectivity index (χ1v) is 8.04. The molecule has 4 heteroatoms. The predicted octanol–water partition coefficient (Wildman–Crippen LogP) is 3.98. The third-order valence-electron chi connectivity index (χ3n) is 4.97. The first kappa shape index (κ1) is 19.2. The first-order chi connectivity index (χ1) is 10.8. The maximum atomic E-state index is 11.8. The van der Waals surface area contributed by atoms with Gasteiger partial charge in [0.2, 0.25) is 0 Å². The van der Waals surface area contributed by atoms with Crippen molar-refractivity contribution in [2.24, 2.45) is 11.3 Å². The van der Waals surface area contributed by atoms with Crippen molar-refractivity contribution in [3.05, 3.63) is 36.0 Å². The lowest BCUT2D eigenvalue weighted by Crippen LogP contribution is -2.27. The van der Waals surface area contributed by atoms with E-state index in [4.69, 9.17) is 9.47 Å². The Labute approximate surface area is 139 Å². The third kappa shape index (κ3) is 5.38. The molecule has 1 rings (SSSR count). The highest BCUT2D eigenvalue weighted by Gasteiger charge is 2.31. The Hall–Kier alpha value is -1.84. The minimum absolute atomic E-state index is 0.0155. The van der Waals surface area contributed by atoms with Crippen molar-refractivity contribution in [2.75, 3.05) is 14.2 Å². The molecule has 2 atom stereocenters. The summed E-state index contributed by atoms with van der Waals surface area (Å²) < 4.78 is 9.58. The third-order valence-corrected chi connectivity index (χ3v) is 4.97. The van der Waals surface area contributed by atoms with Crippen molar-refractivity contribution in [3.8, 4) is 0 Å². The summed E-state index contributed by atoms with van der Waals surface area (Å²) in [4.78, 5) is 23.3. The second kappa shape index (κ2) is 8.70. The van der Waals surface area contributed by atoms with Crippen LogP contribution in [0.3, 0.4) is 0 Å². The second-order valence-corrected chi connectivity index (χ2v) is 6.48. The zero-order valence-corrected chi connectivity index (χ0v) is 14.7. The van der Waals surface area contributed by atoms with E-state index in [0.29, 0.717) is 17.9 Å². The van der Waals surface area contributed by atoms with Gasteiger partial charge in [0.1, 0.15) is 0 Å². The topological polar surface area (TPSA) is 52.6 Å². The molecule has 0 fully saturated rings. The Bertz CT molecular complexity index is 515. The van der Waals surface area contributed by atoms with Gasteiger partial charge >= 0.3 is 11.9 Å². The van der Waals surface area contributed by atoms with Crippen molar-refractivity contribution in [3.63, 3.8) is 0 Å². The molecule has 0 aromatic heterocycles. The van der Waals surface area contributed by atoms with Gasteiger partial charge in [-0.3, -0.25) is 4.79 Å². The van der Waals surface area contributed by atoms with Crippen LogP contribution in [0.5, 0.6) is 0 Å². The largest absolute Gasteiger partial charge is 0.469 e. The number of carbonyl (C=O) groups is 2. The summed E-state index contributed by atoms with van der Waals surface area (Å²) in [6.07, 6.45) is 9.41. The van der Waals surface area contributed by atoms with E-state index in [9.17, 15) is 9.59 Å². The molecule has 0 aromatic carbocycles. The highest BCUT2D eigenvalue weighted by Crippen LogP contribution is 2.40. The summed E-state index contributed by atoms with van der Waals surface area (Å²) in [7, 11) is 2.80. The summed E-state index contributed by atoms with van der Waals surface area (Å²) in [6.45, 7) is 8.44. The second-order valence-electron chi connectivity index (χ2n) is 6.48. The molecule has 0 heterocycles. The van der Waals surface area contributed by atoms with Gasteiger partial charge in [-0.2, -0.15) is 0 Å². The minimum Gasteiger partial charge on any atom is -0.469 e. The van der Waals surface area contributed by atoms with E-state index >= 15 is 0 Å². The van der Waals surface area contributed by atoms with E-state index in [1.54, 1.807) is 6.08 Å². The summed E-state index contributed by atoms with van der Waals surface area (Å²) in [5, 5.41) is 0. The Kier molecular flexibility index (Phi) is 7.27. The van der Waals surface area contributed by atoms with Crippen LogP contribution in [0.1, 0.15) is 46.0 Å². The molecular weight excluding hydrogens is 292 g/mol. The maximum Gasteiger partial charge on any atom is 0.338 e. The molecule has 1 aliphatic rings. The molecule has 0 saturated carbocycles. The average Bonchev–Trinajstić information content (AvgIpc) is 2.55. The molecule has 0 aliphatic heterocycles. The van der Waals surface area contributed by atoms with Crippen LogP contribution in [0.25, 0.3) is 0 Å². The van der Waals surface area contributed by atoms with E-state index in [2.05, 4.69) is 26.5 Å². The zero-order chi connectivity index (χ0) is 17.5. The highest BCUT2D eigenvalue weighted by molar-refractivity contribution is 5.93. The maximum absolute atomic E-state index is 11.8. The summed E-state index contributed by atoms with van der Waals surface area (Å²) in [6, 6.07) is 0. The number of hydrogen-bond donors (Lipinski definition) is 0. The van der Waals surface area contributed by atoms with Crippen molar-refractivity contribution >= 4 is 11.9 Å². The first-order valence-electron chi connectivity index (χ1n) is 8.04.